The number of benzene rings is 2. The lowest BCUT2D eigenvalue weighted by molar-refractivity contribution is -0.119. The van der Waals surface area contributed by atoms with Gasteiger partial charge >= 0.3 is 0 Å². The minimum atomic E-state index is -0.187. The fraction of sp³-hybridized carbons (Fsp3) is 0.111. The van der Waals surface area contributed by atoms with Crippen molar-refractivity contribution >= 4 is 23.9 Å². The number of hydrazone groups is 1. The molecule has 0 fully saturated rings. The van der Waals surface area contributed by atoms with Crippen molar-refractivity contribution in [2.45, 2.75) is 6.92 Å². The van der Waals surface area contributed by atoms with Gasteiger partial charge in [-0.1, -0.05) is 54.6 Å². The number of hydrogen-bond donors (Lipinski definition) is 2. The van der Waals surface area contributed by atoms with Gasteiger partial charge in [-0.25, -0.2) is 5.43 Å². The molecule has 0 aliphatic rings. The van der Waals surface area contributed by atoms with E-state index in [1.165, 1.54) is 0 Å². The highest BCUT2D eigenvalue weighted by Crippen LogP contribution is 2.04. The lowest BCUT2D eigenvalue weighted by Gasteiger charge is -2.04. The second-order valence-electron chi connectivity index (χ2n) is 4.81. The van der Waals surface area contributed by atoms with Crippen molar-refractivity contribution in [2.24, 2.45) is 5.10 Å². The first-order chi connectivity index (χ1) is 10.7. The molecule has 0 unspecified atom stereocenters. The second kappa shape index (κ2) is 8.42. The molecule has 0 aliphatic heterocycles. The van der Waals surface area contributed by atoms with E-state index in [1.54, 1.807) is 6.21 Å². The average Bonchev–Trinajstić information content (AvgIpc) is 2.55. The predicted octanol–water partition coefficient (Wildman–Crippen LogP) is 3.30. The number of anilines is 1. The molecule has 0 saturated carbocycles. The van der Waals surface area contributed by atoms with Crippen molar-refractivity contribution in [1.82, 2.24) is 5.43 Å². The summed E-state index contributed by atoms with van der Waals surface area (Å²) >= 11 is 0. The molecule has 0 aliphatic carbocycles. The topological polar surface area (TPSA) is 53.5 Å². The number of rotatable bonds is 6. The quantitative estimate of drug-likeness (QED) is 0.634. The van der Waals surface area contributed by atoms with E-state index >= 15 is 0 Å². The van der Waals surface area contributed by atoms with E-state index in [0.29, 0.717) is 0 Å². The molecule has 0 aromatic heterocycles. The van der Waals surface area contributed by atoms with Crippen LogP contribution >= 0.6 is 0 Å². The lowest BCUT2D eigenvalue weighted by atomic mass is 10.1. The van der Waals surface area contributed by atoms with E-state index in [-0.39, 0.29) is 12.5 Å². The highest BCUT2D eigenvalue weighted by atomic mass is 16.2. The van der Waals surface area contributed by atoms with Crippen LogP contribution in [0.4, 0.5) is 5.69 Å². The Morgan fingerprint density at radius 1 is 1.05 bits per heavy atom. The molecule has 4 heteroatoms. The molecular formula is C18H19N3O. The fourth-order valence-corrected chi connectivity index (χ4v) is 1.83. The van der Waals surface area contributed by atoms with E-state index in [1.807, 2.05) is 73.7 Å². The Bertz CT molecular complexity index is 649. The van der Waals surface area contributed by atoms with E-state index in [4.69, 9.17) is 0 Å². The van der Waals surface area contributed by atoms with E-state index in [0.717, 1.165) is 16.8 Å². The van der Waals surface area contributed by atoms with Crippen molar-refractivity contribution in [3.05, 3.63) is 71.8 Å². The summed E-state index contributed by atoms with van der Waals surface area (Å²) in [7, 11) is 0. The van der Waals surface area contributed by atoms with Crippen molar-refractivity contribution in [2.75, 3.05) is 11.9 Å². The average molecular weight is 293 g/mol. The number of carbonyl (C=O) groups excluding carboxylic acids is 1. The Hall–Kier alpha value is -2.88. The maximum Gasteiger partial charge on any atom is 0.259 e. The van der Waals surface area contributed by atoms with Crippen LogP contribution in [0.25, 0.3) is 6.08 Å². The molecule has 0 atom stereocenters. The zero-order valence-corrected chi connectivity index (χ0v) is 12.5. The zero-order valence-electron chi connectivity index (χ0n) is 12.5. The third-order valence-corrected chi connectivity index (χ3v) is 2.88. The summed E-state index contributed by atoms with van der Waals surface area (Å²) in [6.45, 7) is 2.12. The van der Waals surface area contributed by atoms with Crippen LogP contribution in [-0.2, 0) is 4.79 Å². The van der Waals surface area contributed by atoms with Crippen LogP contribution in [0.5, 0.6) is 0 Å². The van der Waals surface area contributed by atoms with Gasteiger partial charge in [-0.05, 0) is 30.2 Å². The summed E-state index contributed by atoms with van der Waals surface area (Å²) < 4.78 is 0. The monoisotopic (exact) mass is 293 g/mol. The molecule has 0 saturated heterocycles. The van der Waals surface area contributed by atoms with Gasteiger partial charge in [0, 0.05) is 5.69 Å². The van der Waals surface area contributed by atoms with Crippen LogP contribution in [0.3, 0.4) is 0 Å². The molecule has 2 aromatic carbocycles. The molecule has 2 rings (SSSR count). The van der Waals surface area contributed by atoms with Crippen LogP contribution in [0.2, 0.25) is 0 Å². The van der Waals surface area contributed by atoms with E-state index < -0.39 is 0 Å². The molecule has 1 amide bonds. The number of hydrogen-bond acceptors (Lipinski definition) is 3. The maximum absolute atomic E-state index is 11.6. The van der Waals surface area contributed by atoms with Crippen LogP contribution in [0.15, 0.2) is 71.3 Å². The smallest absolute Gasteiger partial charge is 0.259 e. The minimum Gasteiger partial charge on any atom is -0.376 e. The van der Waals surface area contributed by atoms with Crippen LogP contribution in [-0.4, -0.2) is 18.7 Å². The summed E-state index contributed by atoms with van der Waals surface area (Å²) in [4.78, 5) is 11.6. The van der Waals surface area contributed by atoms with Crippen molar-refractivity contribution < 1.29 is 4.79 Å². The SMILES string of the molecule is CC(C=NNC(=O)CNc1ccccc1)=Cc1ccccc1. The first-order valence-corrected chi connectivity index (χ1v) is 7.08. The Morgan fingerprint density at radius 3 is 2.36 bits per heavy atom. The van der Waals surface area contributed by atoms with Crippen molar-refractivity contribution in [3.63, 3.8) is 0 Å². The molecule has 4 nitrogen and oxygen atoms in total. The van der Waals surface area contributed by atoms with Gasteiger partial charge in [-0.3, -0.25) is 4.79 Å². The van der Waals surface area contributed by atoms with Gasteiger partial charge < -0.3 is 5.32 Å². The first-order valence-electron chi connectivity index (χ1n) is 7.08. The second-order valence-corrected chi connectivity index (χ2v) is 4.81. The summed E-state index contributed by atoms with van der Waals surface area (Å²) in [5.41, 5.74) is 5.46. The number of nitrogens with zero attached hydrogens (tertiary/aromatic N) is 1. The van der Waals surface area contributed by atoms with Crippen LogP contribution in [0.1, 0.15) is 12.5 Å². The van der Waals surface area contributed by atoms with E-state index in [2.05, 4.69) is 15.8 Å². The zero-order chi connectivity index (χ0) is 15.6. The van der Waals surface area contributed by atoms with Crippen molar-refractivity contribution in [1.29, 1.82) is 0 Å². The lowest BCUT2D eigenvalue weighted by Crippen LogP contribution is -2.25. The minimum absolute atomic E-state index is 0.183. The van der Waals surface area contributed by atoms with Gasteiger partial charge in [0.15, 0.2) is 0 Å². The molecule has 112 valence electrons. The molecule has 0 bridgehead atoms. The number of allylic oxidation sites excluding steroid dienone is 1. The third kappa shape index (κ3) is 5.63. The van der Waals surface area contributed by atoms with Gasteiger partial charge in [-0.2, -0.15) is 5.10 Å². The van der Waals surface area contributed by atoms with E-state index in [9.17, 15) is 4.79 Å². The standard InChI is InChI=1S/C18H19N3O/c1-15(12-16-8-4-2-5-9-16)13-20-21-18(22)14-19-17-10-6-3-7-11-17/h2-13,19H,14H2,1H3,(H,21,22). The molecule has 0 spiro atoms. The fourth-order valence-electron chi connectivity index (χ4n) is 1.83. The van der Waals surface area contributed by atoms with Crippen LogP contribution in [0, 0.1) is 0 Å². The van der Waals surface area contributed by atoms with Gasteiger partial charge in [0.2, 0.25) is 0 Å². The number of carbonyl (C=O) groups is 1. The highest BCUT2D eigenvalue weighted by Gasteiger charge is 1.98. The molecular weight excluding hydrogens is 274 g/mol. The summed E-state index contributed by atoms with van der Waals surface area (Å²) in [5, 5.41) is 6.97. The van der Waals surface area contributed by atoms with Gasteiger partial charge in [0.1, 0.15) is 0 Å². The Kier molecular flexibility index (Phi) is 5.93. The first kappa shape index (κ1) is 15.5. The summed E-state index contributed by atoms with van der Waals surface area (Å²) in [6, 6.07) is 19.5. The normalized spacial score (nSPS) is 11.4. The molecule has 0 radical (unpaired) electrons. The van der Waals surface area contributed by atoms with Gasteiger partial charge in [0.25, 0.3) is 5.91 Å². The molecule has 2 aromatic rings. The molecule has 0 heterocycles. The number of nitrogens with one attached hydrogen (secondary N) is 2. The third-order valence-electron chi connectivity index (χ3n) is 2.88. The summed E-state index contributed by atoms with van der Waals surface area (Å²) in [5.74, 6) is -0.187. The maximum atomic E-state index is 11.6. The Labute approximate surface area is 130 Å². The van der Waals surface area contributed by atoms with Crippen LogP contribution < -0.4 is 10.7 Å². The van der Waals surface area contributed by atoms with Crippen molar-refractivity contribution in [3.8, 4) is 0 Å². The Morgan fingerprint density at radius 2 is 1.68 bits per heavy atom. The largest absolute Gasteiger partial charge is 0.376 e. The number of para-hydroxylation sites is 1. The molecule has 22 heavy (non-hydrogen) atoms. The summed E-state index contributed by atoms with van der Waals surface area (Å²) in [6.07, 6.45) is 3.63. The Balaban J connectivity index is 1.77. The van der Waals surface area contributed by atoms with Gasteiger partial charge in [-0.15, -0.1) is 0 Å². The predicted molar refractivity (Wildman–Crippen MR) is 91.7 cm³/mol. The molecule has 2 N–H and O–H groups in total. The highest BCUT2D eigenvalue weighted by molar-refractivity contribution is 5.87. The van der Waals surface area contributed by atoms with Gasteiger partial charge in [0.05, 0.1) is 12.8 Å². The number of amides is 1.